The molecule has 2 unspecified atom stereocenters. The Morgan fingerprint density at radius 1 is 1.56 bits per heavy atom. The summed E-state index contributed by atoms with van der Waals surface area (Å²) in [5.74, 6) is -0.473. The highest BCUT2D eigenvalue weighted by molar-refractivity contribution is 8.00. The molecule has 0 aromatic heterocycles. The maximum atomic E-state index is 11.9. The molecule has 6 heteroatoms. The molecule has 0 radical (unpaired) electrons. The number of carboxylic acids is 1. The van der Waals surface area contributed by atoms with Crippen LogP contribution in [-0.2, 0) is 9.59 Å². The minimum atomic E-state index is -0.902. The van der Waals surface area contributed by atoms with Gasteiger partial charge in [0.05, 0.1) is 5.37 Å². The summed E-state index contributed by atoms with van der Waals surface area (Å²) in [6.45, 7) is 2.56. The van der Waals surface area contributed by atoms with E-state index >= 15 is 0 Å². The molecule has 0 spiro atoms. The molecule has 1 saturated heterocycles. The standard InChI is InChI=1S/C10H18N2O3S/c1-3-9-12(8(13)4-5-11-2)7(6-16-9)10(14)15/h7,9,11H,3-6H2,1-2H3,(H,14,15). The predicted octanol–water partition coefficient (Wildman–Crippen LogP) is 0.361. The number of amides is 1. The number of nitrogens with zero attached hydrogens (tertiary/aromatic N) is 1. The van der Waals surface area contributed by atoms with E-state index in [-0.39, 0.29) is 11.3 Å². The van der Waals surface area contributed by atoms with Gasteiger partial charge < -0.3 is 15.3 Å². The van der Waals surface area contributed by atoms with Gasteiger partial charge in [0.1, 0.15) is 6.04 Å². The summed E-state index contributed by atoms with van der Waals surface area (Å²) >= 11 is 1.55. The third-order valence-corrected chi connectivity index (χ3v) is 4.06. The highest BCUT2D eigenvalue weighted by Crippen LogP contribution is 2.31. The fourth-order valence-electron chi connectivity index (χ4n) is 1.76. The summed E-state index contributed by atoms with van der Waals surface area (Å²) in [5.41, 5.74) is 0. The second-order valence-corrected chi connectivity index (χ2v) is 4.92. The second-order valence-electron chi connectivity index (χ2n) is 3.70. The van der Waals surface area contributed by atoms with E-state index in [1.54, 1.807) is 18.8 Å². The lowest BCUT2D eigenvalue weighted by Crippen LogP contribution is -2.46. The number of rotatable bonds is 5. The van der Waals surface area contributed by atoms with Crippen LogP contribution in [0.25, 0.3) is 0 Å². The minimum absolute atomic E-state index is 0.0189. The molecule has 1 rings (SSSR count). The van der Waals surface area contributed by atoms with Gasteiger partial charge in [0.25, 0.3) is 0 Å². The molecule has 1 amide bonds. The summed E-state index contributed by atoms with van der Waals surface area (Å²) in [7, 11) is 1.78. The van der Waals surface area contributed by atoms with E-state index in [0.29, 0.717) is 18.7 Å². The smallest absolute Gasteiger partial charge is 0.327 e. The molecule has 0 aliphatic carbocycles. The van der Waals surface area contributed by atoms with Crippen molar-refractivity contribution < 1.29 is 14.7 Å². The van der Waals surface area contributed by atoms with Gasteiger partial charge in [-0.25, -0.2) is 4.79 Å². The number of hydrogen-bond donors (Lipinski definition) is 2. The monoisotopic (exact) mass is 246 g/mol. The van der Waals surface area contributed by atoms with Crippen LogP contribution in [0.1, 0.15) is 19.8 Å². The number of nitrogens with one attached hydrogen (secondary N) is 1. The van der Waals surface area contributed by atoms with Crippen molar-refractivity contribution in [1.82, 2.24) is 10.2 Å². The summed E-state index contributed by atoms with van der Waals surface area (Å²) in [4.78, 5) is 24.5. The third kappa shape index (κ3) is 2.89. The third-order valence-electron chi connectivity index (χ3n) is 2.60. The van der Waals surface area contributed by atoms with Gasteiger partial charge in [0.15, 0.2) is 0 Å². The Kier molecular flexibility index (Phi) is 5.08. The number of aliphatic carboxylic acids is 1. The van der Waals surface area contributed by atoms with Gasteiger partial charge in [0, 0.05) is 18.7 Å². The van der Waals surface area contributed by atoms with Crippen LogP contribution in [0.15, 0.2) is 0 Å². The highest BCUT2D eigenvalue weighted by Gasteiger charge is 2.40. The van der Waals surface area contributed by atoms with Crippen LogP contribution in [0.2, 0.25) is 0 Å². The lowest BCUT2D eigenvalue weighted by Gasteiger charge is -2.26. The van der Waals surface area contributed by atoms with E-state index in [1.165, 1.54) is 4.90 Å². The molecule has 0 bridgehead atoms. The lowest BCUT2D eigenvalue weighted by atomic mass is 10.2. The SMILES string of the molecule is CCC1SCC(C(=O)O)N1C(=O)CCNC. The van der Waals surface area contributed by atoms with Crippen LogP contribution in [0.4, 0.5) is 0 Å². The van der Waals surface area contributed by atoms with E-state index in [0.717, 1.165) is 6.42 Å². The van der Waals surface area contributed by atoms with Gasteiger partial charge in [-0.1, -0.05) is 6.92 Å². The van der Waals surface area contributed by atoms with Crippen molar-refractivity contribution in [2.45, 2.75) is 31.2 Å². The van der Waals surface area contributed by atoms with E-state index in [9.17, 15) is 9.59 Å². The molecule has 0 aromatic rings. The van der Waals surface area contributed by atoms with E-state index in [1.807, 2.05) is 6.92 Å². The molecule has 2 N–H and O–H groups in total. The summed E-state index contributed by atoms with van der Waals surface area (Å²) in [6, 6.07) is -0.653. The van der Waals surface area contributed by atoms with E-state index in [2.05, 4.69) is 5.32 Å². The first-order valence-corrected chi connectivity index (χ1v) is 6.46. The maximum Gasteiger partial charge on any atom is 0.327 e. The van der Waals surface area contributed by atoms with Crippen LogP contribution >= 0.6 is 11.8 Å². The molecule has 1 aliphatic rings. The van der Waals surface area contributed by atoms with Crippen LogP contribution in [0.3, 0.4) is 0 Å². The minimum Gasteiger partial charge on any atom is -0.480 e. The molecular formula is C10H18N2O3S. The van der Waals surface area contributed by atoms with E-state index in [4.69, 9.17) is 5.11 Å². The normalized spacial score (nSPS) is 24.8. The quantitative estimate of drug-likeness (QED) is 0.733. The average molecular weight is 246 g/mol. The Bertz CT molecular complexity index is 273. The number of carbonyl (C=O) groups excluding carboxylic acids is 1. The first kappa shape index (κ1) is 13.3. The van der Waals surface area contributed by atoms with Crippen molar-refractivity contribution in [2.24, 2.45) is 0 Å². The second kappa shape index (κ2) is 6.10. The molecule has 1 fully saturated rings. The zero-order valence-corrected chi connectivity index (χ0v) is 10.4. The van der Waals surface area contributed by atoms with Crippen LogP contribution < -0.4 is 5.32 Å². The topological polar surface area (TPSA) is 69.6 Å². The zero-order valence-electron chi connectivity index (χ0n) is 9.60. The maximum absolute atomic E-state index is 11.9. The molecule has 1 aliphatic heterocycles. The first-order valence-electron chi connectivity index (χ1n) is 5.42. The Labute approximate surface area is 99.6 Å². The Morgan fingerprint density at radius 2 is 2.25 bits per heavy atom. The summed E-state index contributed by atoms with van der Waals surface area (Å²) < 4.78 is 0. The first-order chi connectivity index (χ1) is 7.61. The van der Waals surface area contributed by atoms with Gasteiger partial charge in [-0.2, -0.15) is 0 Å². The lowest BCUT2D eigenvalue weighted by molar-refractivity contribution is -0.149. The molecule has 5 nitrogen and oxygen atoms in total. The van der Waals surface area contributed by atoms with E-state index < -0.39 is 12.0 Å². The molecule has 0 saturated carbocycles. The molecule has 1 heterocycles. The van der Waals surface area contributed by atoms with Gasteiger partial charge >= 0.3 is 5.97 Å². The van der Waals surface area contributed by atoms with Crippen molar-refractivity contribution in [3.05, 3.63) is 0 Å². The van der Waals surface area contributed by atoms with Crippen molar-refractivity contribution in [3.8, 4) is 0 Å². The Balaban J connectivity index is 2.69. The average Bonchev–Trinajstić information content (AvgIpc) is 2.69. The van der Waals surface area contributed by atoms with Crippen molar-refractivity contribution in [3.63, 3.8) is 0 Å². The fourth-order valence-corrected chi connectivity index (χ4v) is 3.13. The Hall–Kier alpha value is -0.750. The van der Waals surface area contributed by atoms with Crippen molar-refractivity contribution >= 4 is 23.6 Å². The molecular weight excluding hydrogens is 228 g/mol. The van der Waals surface area contributed by atoms with Gasteiger partial charge in [-0.15, -0.1) is 11.8 Å². The van der Waals surface area contributed by atoms with Crippen LogP contribution in [0.5, 0.6) is 0 Å². The molecule has 16 heavy (non-hydrogen) atoms. The van der Waals surface area contributed by atoms with Crippen molar-refractivity contribution in [2.75, 3.05) is 19.3 Å². The number of hydrogen-bond acceptors (Lipinski definition) is 4. The summed E-state index contributed by atoms with van der Waals surface area (Å²) in [6.07, 6.45) is 1.15. The largest absolute Gasteiger partial charge is 0.480 e. The number of carboxylic acid groups (broad SMARTS) is 1. The summed E-state index contributed by atoms with van der Waals surface area (Å²) in [5, 5.41) is 12.0. The number of carbonyl (C=O) groups is 2. The van der Waals surface area contributed by atoms with Gasteiger partial charge in [-0.05, 0) is 13.5 Å². The molecule has 0 aromatic carbocycles. The number of thioether (sulfide) groups is 1. The fraction of sp³-hybridized carbons (Fsp3) is 0.800. The van der Waals surface area contributed by atoms with Crippen LogP contribution in [-0.4, -0.2) is 52.6 Å². The van der Waals surface area contributed by atoms with Crippen molar-refractivity contribution in [1.29, 1.82) is 0 Å². The predicted molar refractivity (Wildman–Crippen MR) is 63.4 cm³/mol. The molecule has 92 valence electrons. The van der Waals surface area contributed by atoms with Gasteiger partial charge in [-0.3, -0.25) is 4.79 Å². The highest BCUT2D eigenvalue weighted by atomic mass is 32.2. The zero-order chi connectivity index (χ0) is 12.1. The van der Waals surface area contributed by atoms with Gasteiger partial charge in [0.2, 0.25) is 5.91 Å². The molecule has 2 atom stereocenters. The van der Waals surface area contributed by atoms with Crippen LogP contribution in [0, 0.1) is 0 Å². The Morgan fingerprint density at radius 3 is 2.75 bits per heavy atom.